The lowest BCUT2D eigenvalue weighted by molar-refractivity contribution is 0.0506. The normalized spacial score (nSPS) is 15.1. The molecule has 1 aliphatic heterocycles. The number of carbonyl (C=O) groups is 1. The Hall–Kier alpha value is -3.68. The van der Waals surface area contributed by atoms with Gasteiger partial charge in [-0.3, -0.25) is 4.79 Å². The largest absolute Gasteiger partial charge is 0.436 e. The van der Waals surface area contributed by atoms with Gasteiger partial charge in [0, 0.05) is 25.8 Å². The van der Waals surface area contributed by atoms with Gasteiger partial charge in [0.15, 0.2) is 11.6 Å². The Morgan fingerprint density at radius 3 is 2.57 bits per heavy atom. The quantitative estimate of drug-likeness (QED) is 0.267. The summed E-state index contributed by atoms with van der Waals surface area (Å²) in [5.41, 5.74) is 2.58. The molecule has 2 heterocycles. The second-order valence-electron chi connectivity index (χ2n) is 8.95. The van der Waals surface area contributed by atoms with E-state index in [0.717, 1.165) is 18.4 Å². The topological polar surface area (TPSA) is 56.6 Å². The molecule has 0 saturated carbocycles. The van der Waals surface area contributed by atoms with Crippen molar-refractivity contribution in [2.45, 2.75) is 25.5 Å². The van der Waals surface area contributed by atoms with Crippen molar-refractivity contribution < 1.29 is 18.7 Å². The molecule has 1 aromatic heterocycles. The zero-order valence-corrected chi connectivity index (χ0v) is 21.2. The third-order valence-corrected chi connectivity index (χ3v) is 6.70. The van der Waals surface area contributed by atoms with Crippen LogP contribution in [0.1, 0.15) is 28.8 Å². The minimum atomic E-state index is -0.487. The first-order valence-electron chi connectivity index (χ1n) is 12.2. The van der Waals surface area contributed by atoms with Gasteiger partial charge in [-0.1, -0.05) is 66.2 Å². The molecule has 1 saturated heterocycles. The molecule has 5 rings (SSSR count). The number of amides is 1. The van der Waals surface area contributed by atoms with Crippen molar-refractivity contribution in [2.75, 3.05) is 13.2 Å². The van der Waals surface area contributed by atoms with Crippen molar-refractivity contribution in [3.8, 4) is 22.9 Å². The second kappa shape index (κ2) is 11.2. The average molecular weight is 520 g/mol. The molecule has 0 radical (unpaired) electrons. The fraction of sp³-hybridized carbons (Fsp3) is 0.241. The number of para-hydroxylation sites is 1. The van der Waals surface area contributed by atoms with Crippen LogP contribution < -0.4 is 4.74 Å². The van der Waals surface area contributed by atoms with E-state index in [0.29, 0.717) is 40.9 Å². The van der Waals surface area contributed by atoms with Crippen LogP contribution in [0.15, 0.2) is 78.9 Å². The molecule has 4 aromatic rings. The molecule has 1 fully saturated rings. The Kier molecular flexibility index (Phi) is 7.53. The van der Waals surface area contributed by atoms with Crippen LogP contribution in [0, 0.1) is 5.82 Å². The third-order valence-electron chi connectivity index (χ3n) is 6.37. The minimum absolute atomic E-state index is 0.0782. The van der Waals surface area contributed by atoms with Gasteiger partial charge in [0.2, 0.25) is 5.88 Å². The molecular weight excluding hydrogens is 493 g/mol. The third kappa shape index (κ3) is 5.53. The van der Waals surface area contributed by atoms with Crippen molar-refractivity contribution in [3.63, 3.8) is 0 Å². The Morgan fingerprint density at radius 1 is 1.11 bits per heavy atom. The standard InChI is InChI=1S/C29H27ClFN3O3/c1-33-29(37-26-16-8-7-15-25(26)31)23(27(32-33)20-10-3-2-4-11-20)19-34(18-21-12-9-17-36-21)28(35)22-13-5-6-14-24(22)30/h2-8,10-11,13-16,21H,9,12,17-19H2,1H3/t21-/m1/s1. The Labute approximate surface area is 220 Å². The van der Waals surface area contributed by atoms with Crippen molar-refractivity contribution in [2.24, 2.45) is 7.05 Å². The zero-order valence-electron chi connectivity index (χ0n) is 20.4. The van der Waals surface area contributed by atoms with E-state index in [1.54, 1.807) is 59.1 Å². The summed E-state index contributed by atoms with van der Waals surface area (Å²) in [5, 5.41) is 5.09. The summed E-state index contributed by atoms with van der Waals surface area (Å²) in [7, 11) is 1.74. The first-order chi connectivity index (χ1) is 18.0. The van der Waals surface area contributed by atoms with E-state index in [4.69, 9.17) is 26.2 Å². The van der Waals surface area contributed by atoms with Crippen LogP contribution in [0.4, 0.5) is 4.39 Å². The molecule has 0 aliphatic carbocycles. The summed E-state index contributed by atoms with van der Waals surface area (Å²) < 4.78 is 28.1. The number of rotatable bonds is 8. The van der Waals surface area contributed by atoms with E-state index in [2.05, 4.69) is 0 Å². The SMILES string of the molecule is Cn1nc(-c2ccccc2)c(CN(C[C@H]2CCCO2)C(=O)c2ccccc2Cl)c1Oc1ccccc1F. The highest BCUT2D eigenvalue weighted by atomic mass is 35.5. The first kappa shape index (κ1) is 25.0. The maximum Gasteiger partial charge on any atom is 0.255 e. The van der Waals surface area contributed by atoms with Gasteiger partial charge in [0.25, 0.3) is 5.91 Å². The maximum absolute atomic E-state index is 14.5. The van der Waals surface area contributed by atoms with Crippen molar-refractivity contribution in [3.05, 3.63) is 101 Å². The van der Waals surface area contributed by atoms with Crippen molar-refractivity contribution in [1.82, 2.24) is 14.7 Å². The van der Waals surface area contributed by atoms with Crippen LogP contribution in [0.5, 0.6) is 11.6 Å². The smallest absolute Gasteiger partial charge is 0.255 e. The number of carbonyl (C=O) groups excluding carboxylic acids is 1. The van der Waals surface area contributed by atoms with E-state index >= 15 is 0 Å². The van der Waals surface area contributed by atoms with E-state index in [9.17, 15) is 9.18 Å². The number of nitrogens with zero attached hydrogens (tertiary/aromatic N) is 3. The van der Waals surface area contributed by atoms with E-state index in [-0.39, 0.29) is 24.3 Å². The van der Waals surface area contributed by atoms with Crippen LogP contribution in [0.25, 0.3) is 11.3 Å². The van der Waals surface area contributed by atoms with E-state index in [1.165, 1.54) is 6.07 Å². The number of aromatic nitrogens is 2. The molecule has 37 heavy (non-hydrogen) atoms. The summed E-state index contributed by atoms with van der Waals surface area (Å²) in [5.74, 6) is -0.275. The average Bonchev–Trinajstić information content (AvgIpc) is 3.53. The number of halogens is 2. The van der Waals surface area contributed by atoms with E-state index < -0.39 is 5.82 Å². The van der Waals surface area contributed by atoms with Gasteiger partial charge >= 0.3 is 0 Å². The van der Waals surface area contributed by atoms with Gasteiger partial charge in [-0.2, -0.15) is 5.10 Å². The van der Waals surface area contributed by atoms with Gasteiger partial charge in [0.05, 0.1) is 28.8 Å². The summed E-state index contributed by atoms with van der Waals surface area (Å²) in [6.45, 7) is 1.22. The predicted molar refractivity (Wildman–Crippen MR) is 140 cm³/mol. The van der Waals surface area contributed by atoms with Crippen molar-refractivity contribution in [1.29, 1.82) is 0 Å². The molecular formula is C29H27ClFN3O3. The molecule has 0 N–H and O–H groups in total. The number of aryl methyl sites for hydroxylation is 1. The summed E-state index contributed by atoms with van der Waals surface area (Å²) in [6.07, 6.45) is 1.73. The number of hydrogen-bond donors (Lipinski definition) is 0. The fourth-order valence-corrected chi connectivity index (χ4v) is 4.75. The molecule has 0 bridgehead atoms. The first-order valence-corrected chi connectivity index (χ1v) is 12.6. The molecule has 6 nitrogen and oxygen atoms in total. The van der Waals surface area contributed by atoms with Crippen molar-refractivity contribution >= 4 is 17.5 Å². The molecule has 190 valence electrons. The number of benzene rings is 3. The Morgan fingerprint density at radius 2 is 1.84 bits per heavy atom. The Bertz CT molecular complexity index is 1390. The number of ether oxygens (including phenoxy) is 2. The predicted octanol–water partition coefficient (Wildman–Crippen LogP) is 6.49. The summed E-state index contributed by atoms with van der Waals surface area (Å²) in [4.78, 5) is 15.5. The highest BCUT2D eigenvalue weighted by Gasteiger charge is 2.29. The van der Waals surface area contributed by atoms with Crippen LogP contribution in [-0.4, -0.2) is 39.8 Å². The Balaban J connectivity index is 1.58. The zero-order chi connectivity index (χ0) is 25.8. The summed E-state index contributed by atoms with van der Waals surface area (Å²) in [6, 6.07) is 22.9. The van der Waals surface area contributed by atoms with Crippen LogP contribution in [0.3, 0.4) is 0 Å². The van der Waals surface area contributed by atoms with Crippen LogP contribution in [0.2, 0.25) is 5.02 Å². The lowest BCUT2D eigenvalue weighted by atomic mass is 10.1. The molecule has 0 unspecified atom stereocenters. The minimum Gasteiger partial charge on any atom is -0.436 e. The monoisotopic (exact) mass is 519 g/mol. The highest BCUT2D eigenvalue weighted by molar-refractivity contribution is 6.33. The molecule has 1 amide bonds. The molecule has 3 aromatic carbocycles. The molecule has 8 heteroatoms. The number of hydrogen-bond acceptors (Lipinski definition) is 4. The van der Waals surface area contributed by atoms with Gasteiger partial charge in [-0.15, -0.1) is 0 Å². The lowest BCUT2D eigenvalue weighted by Gasteiger charge is -2.26. The fourth-order valence-electron chi connectivity index (χ4n) is 4.53. The van der Waals surface area contributed by atoms with Crippen LogP contribution in [-0.2, 0) is 18.3 Å². The summed E-state index contributed by atoms with van der Waals surface area (Å²) >= 11 is 6.41. The van der Waals surface area contributed by atoms with Gasteiger partial charge < -0.3 is 14.4 Å². The van der Waals surface area contributed by atoms with Gasteiger partial charge in [-0.25, -0.2) is 9.07 Å². The highest BCUT2D eigenvalue weighted by Crippen LogP contribution is 2.35. The maximum atomic E-state index is 14.5. The van der Waals surface area contributed by atoms with Crippen LogP contribution >= 0.6 is 11.6 Å². The van der Waals surface area contributed by atoms with Gasteiger partial charge in [-0.05, 0) is 37.1 Å². The van der Waals surface area contributed by atoms with E-state index in [1.807, 2.05) is 30.3 Å². The molecule has 1 aliphatic rings. The van der Waals surface area contributed by atoms with Gasteiger partial charge in [0.1, 0.15) is 5.69 Å². The molecule has 1 atom stereocenters. The lowest BCUT2D eigenvalue weighted by Crippen LogP contribution is -2.37. The second-order valence-corrected chi connectivity index (χ2v) is 9.36. The molecule has 0 spiro atoms.